The predicted octanol–water partition coefficient (Wildman–Crippen LogP) is 0.779. The van der Waals surface area contributed by atoms with Crippen LogP contribution in [-0.2, 0) is 20.0 Å². The zero-order chi connectivity index (χ0) is 15.5. The van der Waals surface area contributed by atoms with Crippen LogP contribution in [0.15, 0.2) is 35.2 Å². The van der Waals surface area contributed by atoms with Gasteiger partial charge in [-0.15, -0.1) is 0 Å². The van der Waals surface area contributed by atoms with Crippen LogP contribution in [0.5, 0.6) is 0 Å². The number of rotatable bonds is 5. The molecule has 1 saturated heterocycles. The molecule has 1 fully saturated rings. The summed E-state index contributed by atoms with van der Waals surface area (Å²) in [6.07, 6.45) is 1.29. The summed E-state index contributed by atoms with van der Waals surface area (Å²) in [5.74, 6) is 0.0329. The molecule has 0 amide bonds. The average Bonchev–Trinajstić information content (AvgIpc) is 2.48. The molecular formula is C13H20N2O4S2. The van der Waals surface area contributed by atoms with Crippen molar-refractivity contribution in [1.82, 2.24) is 9.03 Å². The van der Waals surface area contributed by atoms with E-state index in [1.807, 2.05) is 0 Å². The number of hydrogen-bond acceptors (Lipinski definition) is 4. The van der Waals surface area contributed by atoms with Crippen LogP contribution in [0.2, 0.25) is 0 Å². The van der Waals surface area contributed by atoms with E-state index in [-0.39, 0.29) is 23.2 Å². The average molecular weight is 332 g/mol. The van der Waals surface area contributed by atoms with Crippen molar-refractivity contribution >= 4 is 20.0 Å². The Kier molecular flexibility index (Phi) is 5.03. The van der Waals surface area contributed by atoms with Crippen LogP contribution in [0, 0.1) is 0 Å². The molecule has 6 nitrogen and oxygen atoms in total. The molecule has 21 heavy (non-hydrogen) atoms. The second kappa shape index (κ2) is 6.43. The smallest absolute Gasteiger partial charge is 0.212 e. The second-order valence-electron chi connectivity index (χ2n) is 5.03. The highest BCUT2D eigenvalue weighted by atomic mass is 32.2. The normalized spacial score (nSPS) is 21.3. The molecule has 8 heteroatoms. The number of nitrogens with zero attached hydrogens (tertiary/aromatic N) is 1. The number of piperidine rings is 1. The highest BCUT2D eigenvalue weighted by molar-refractivity contribution is 7.89. The van der Waals surface area contributed by atoms with E-state index in [0.717, 1.165) is 0 Å². The quantitative estimate of drug-likeness (QED) is 0.863. The van der Waals surface area contributed by atoms with Crippen LogP contribution < -0.4 is 4.72 Å². The monoisotopic (exact) mass is 332 g/mol. The molecule has 1 N–H and O–H groups in total. The third-order valence-electron chi connectivity index (χ3n) is 3.52. The molecule has 1 heterocycles. The predicted molar refractivity (Wildman–Crippen MR) is 80.8 cm³/mol. The van der Waals surface area contributed by atoms with E-state index in [1.165, 1.54) is 16.4 Å². The minimum atomic E-state index is -3.61. The molecule has 1 aromatic carbocycles. The summed E-state index contributed by atoms with van der Waals surface area (Å²) < 4.78 is 52.2. The van der Waals surface area contributed by atoms with Crippen molar-refractivity contribution < 1.29 is 16.8 Å². The van der Waals surface area contributed by atoms with Gasteiger partial charge >= 0.3 is 0 Å². The summed E-state index contributed by atoms with van der Waals surface area (Å²) in [6, 6.07) is 7.71. The van der Waals surface area contributed by atoms with Gasteiger partial charge in [-0.2, -0.15) is 0 Å². The lowest BCUT2D eigenvalue weighted by atomic mass is 10.1. The molecule has 1 aliphatic rings. The van der Waals surface area contributed by atoms with Crippen LogP contribution in [0.1, 0.15) is 19.8 Å². The molecule has 0 radical (unpaired) electrons. The zero-order valence-corrected chi connectivity index (χ0v) is 13.5. The van der Waals surface area contributed by atoms with Crippen LogP contribution in [0.25, 0.3) is 0 Å². The fraction of sp³-hybridized carbons (Fsp3) is 0.538. The highest BCUT2D eigenvalue weighted by Gasteiger charge is 2.30. The third kappa shape index (κ3) is 4.03. The van der Waals surface area contributed by atoms with Gasteiger partial charge in [0.05, 0.1) is 10.6 Å². The van der Waals surface area contributed by atoms with E-state index in [0.29, 0.717) is 19.4 Å². The van der Waals surface area contributed by atoms with Crippen molar-refractivity contribution in [3.05, 3.63) is 30.3 Å². The number of nitrogens with one attached hydrogen (secondary N) is 1. The molecule has 0 aliphatic carbocycles. The first-order chi connectivity index (χ1) is 9.85. The third-order valence-corrected chi connectivity index (χ3v) is 6.90. The highest BCUT2D eigenvalue weighted by Crippen LogP contribution is 2.17. The Morgan fingerprint density at radius 2 is 1.86 bits per heavy atom. The van der Waals surface area contributed by atoms with Crippen LogP contribution in [0.3, 0.4) is 0 Å². The van der Waals surface area contributed by atoms with Gasteiger partial charge in [0.1, 0.15) is 0 Å². The first kappa shape index (κ1) is 16.4. The lowest BCUT2D eigenvalue weighted by Crippen LogP contribution is -2.49. The zero-order valence-electron chi connectivity index (χ0n) is 11.9. The largest absolute Gasteiger partial charge is 0.240 e. The first-order valence-electron chi connectivity index (χ1n) is 6.90. The van der Waals surface area contributed by atoms with E-state index < -0.39 is 20.0 Å². The van der Waals surface area contributed by atoms with Crippen molar-refractivity contribution in [3.8, 4) is 0 Å². The lowest BCUT2D eigenvalue weighted by Gasteiger charge is -2.31. The Balaban J connectivity index is 2.10. The number of benzene rings is 1. The summed E-state index contributed by atoms with van der Waals surface area (Å²) in [6.45, 7) is 2.25. The van der Waals surface area contributed by atoms with Crippen LogP contribution in [-0.4, -0.2) is 46.0 Å². The van der Waals surface area contributed by atoms with Gasteiger partial charge in [0.25, 0.3) is 0 Å². The van der Waals surface area contributed by atoms with E-state index in [1.54, 1.807) is 25.1 Å². The number of hydrogen-bond donors (Lipinski definition) is 1. The lowest BCUT2D eigenvalue weighted by molar-refractivity contribution is 0.303. The standard InChI is InChI=1S/C13H20N2O4S2/c1-2-20(16,17)15-10-6-7-12(11-15)14-21(18,19)13-8-4-3-5-9-13/h3-5,8-9,12,14H,2,6-7,10-11H2,1H3/t12-/m0/s1. The summed E-state index contributed by atoms with van der Waals surface area (Å²) >= 11 is 0. The topological polar surface area (TPSA) is 83.6 Å². The Bertz CT molecular complexity index is 671. The Morgan fingerprint density at radius 1 is 1.19 bits per heavy atom. The van der Waals surface area contributed by atoms with Crippen molar-refractivity contribution in [1.29, 1.82) is 0 Å². The van der Waals surface area contributed by atoms with Gasteiger partial charge in [-0.25, -0.2) is 25.9 Å². The summed E-state index contributed by atoms with van der Waals surface area (Å²) in [4.78, 5) is 0.195. The molecule has 1 atom stereocenters. The van der Waals surface area contributed by atoms with E-state index >= 15 is 0 Å². The van der Waals surface area contributed by atoms with Gasteiger partial charge in [-0.1, -0.05) is 18.2 Å². The Hall–Kier alpha value is -0.960. The van der Waals surface area contributed by atoms with Crippen molar-refractivity contribution in [2.75, 3.05) is 18.8 Å². The maximum absolute atomic E-state index is 12.2. The molecular weight excluding hydrogens is 312 g/mol. The van der Waals surface area contributed by atoms with Gasteiger partial charge in [-0.05, 0) is 31.9 Å². The molecule has 1 aromatic rings. The van der Waals surface area contributed by atoms with Gasteiger partial charge in [0.15, 0.2) is 0 Å². The summed E-state index contributed by atoms with van der Waals surface area (Å²) in [7, 11) is -6.88. The number of sulfonamides is 2. The molecule has 0 bridgehead atoms. The molecule has 0 spiro atoms. The van der Waals surface area contributed by atoms with Gasteiger partial charge in [-0.3, -0.25) is 0 Å². The van der Waals surface area contributed by atoms with Crippen LogP contribution >= 0.6 is 0 Å². The van der Waals surface area contributed by atoms with Crippen molar-refractivity contribution in [2.24, 2.45) is 0 Å². The Morgan fingerprint density at radius 3 is 2.48 bits per heavy atom. The fourth-order valence-corrected chi connectivity index (χ4v) is 4.82. The Labute approximate surface area is 126 Å². The van der Waals surface area contributed by atoms with Crippen molar-refractivity contribution in [2.45, 2.75) is 30.7 Å². The summed E-state index contributed by atoms with van der Waals surface area (Å²) in [5.41, 5.74) is 0. The van der Waals surface area contributed by atoms with Crippen molar-refractivity contribution in [3.63, 3.8) is 0 Å². The van der Waals surface area contributed by atoms with Gasteiger partial charge in [0, 0.05) is 19.1 Å². The maximum Gasteiger partial charge on any atom is 0.240 e. The minimum absolute atomic E-state index is 0.0329. The van der Waals surface area contributed by atoms with Gasteiger partial charge < -0.3 is 0 Å². The molecule has 1 aliphatic heterocycles. The molecule has 0 aromatic heterocycles. The molecule has 0 saturated carbocycles. The van der Waals surface area contributed by atoms with Gasteiger partial charge in [0.2, 0.25) is 20.0 Å². The van der Waals surface area contributed by atoms with Crippen LogP contribution in [0.4, 0.5) is 0 Å². The summed E-state index contributed by atoms with van der Waals surface area (Å²) in [5, 5.41) is 0. The molecule has 118 valence electrons. The first-order valence-corrected chi connectivity index (χ1v) is 9.99. The second-order valence-corrected chi connectivity index (χ2v) is 9.00. The van der Waals surface area contributed by atoms with E-state index in [9.17, 15) is 16.8 Å². The molecule has 2 rings (SSSR count). The molecule has 0 unspecified atom stereocenters. The van der Waals surface area contributed by atoms with E-state index in [2.05, 4.69) is 4.72 Å². The fourth-order valence-electron chi connectivity index (χ4n) is 2.36. The minimum Gasteiger partial charge on any atom is -0.212 e. The SMILES string of the molecule is CCS(=O)(=O)N1CCC[C@H](NS(=O)(=O)c2ccccc2)C1. The van der Waals surface area contributed by atoms with E-state index in [4.69, 9.17) is 0 Å². The maximum atomic E-state index is 12.2.